The highest BCUT2D eigenvalue weighted by Gasteiger charge is 2.40. The summed E-state index contributed by atoms with van der Waals surface area (Å²) in [6, 6.07) is 1.59. The second-order valence-corrected chi connectivity index (χ2v) is 8.28. The highest BCUT2D eigenvalue weighted by Crippen LogP contribution is 2.29. The zero-order valence-corrected chi connectivity index (χ0v) is 15.3. The summed E-state index contributed by atoms with van der Waals surface area (Å²) in [5.74, 6) is -1.99. The van der Waals surface area contributed by atoms with Crippen LogP contribution in [0, 0.1) is 0 Å². The Morgan fingerprint density at radius 2 is 1.92 bits per heavy atom. The summed E-state index contributed by atoms with van der Waals surface area (Å²) in [6.45, 7) is -0.171. The molecule has 0 radical (unpaired) electrons. The van der Waals surface area contributed by atoms with E-state index in [0.717, 1.165) is 4.31 Å². The van der Waals surface area contributed by atoms with Crippen LogP contribution in [-0.4, -0.2) is 54.9 Å². The van der Waals surface area contributed by atoms with Crippen LogP contribution in [0.1, 0.15) is 12.8 Å². The van der Waals surface area contributed by atoms with E-state index >= 15 is 0 Å². The maximum atomic E-state index is 12.8. The minimum absolute atomic E-state index is 0.127. The predicted octanol–water partition coefficient (Wildman–Crippen LogP) is 0.675. The van der Waals surface area contributed by atoms with E-state index in [4.69, 9.17) is 34.0 Å². The molecular formula is C14H17Cl2N3O5S. The Bertz CT molecular complexity index is 766. The number of benzene rings is 1. The van der Waals surface area contributed by atoms with E-state index in [1.807, 2.05) is 0 Å². The van der Waals surface area contributed by atoms with Crippen LogP contribution < -0.4 is 11.1 Å². The number of carbonyl (C=O) groups is 2. The molecule has 1 fully saturated rings. The number of nitrogens with one attached hydrogen (secondary N) is 1. The lowest BCUT2D eigenvalue weighted by molar-refractivity contribution is -0.142. The molecule has 0 aromatic heterocycles. The van der Waals surface area contributed by atoms with Crippen molar-refractivity contribution in [1.29, 1.82) is 0 Å². The molecule has 2 rings (SSSR count). The van der Waals surface area contributed by atoms with Gasteiger partial charge < -0.3 is 16.2 Å². The Labute approximate surface area is 154 Å². The van der Waals surface area contributed by atoms with Gasteiger partial charge in [-0.15, -0.1) is 0 Å². The van der Waals surface area contributed by atoms with E-state index < -0.39 is 34.0 Å². The lowest BCUT2D eigenvalue weighted by Crippen LogP contribution is -2.53. The van der Waals surface area contributed by atoms with Crippen molar-refractivity contribution in [3.63, 3.8) is 0 Å². The standard InChI is InChI=1S/C14H17Cl2N3O5S/c15-8-4-9(16)6-10(5-8)25(23,24)19-3-1-2-12(19)13(20)18-11(7-17)14(21)22/h4-6,11-12H,1-3,7,17H2,(H,18,20)(H,21,22)/t11-,12+/m0/s1. The molecule has 1 amide bonds. The minimum atomic E-state index is -4.02. The molecule has 0 saturated carbocycles. The first kappa shape index (κ1) is 19.9. The lowest BCUT2D eigenvalue weighted by Gasteiger charge is -2.24. The fourth-order valence-corrected chi connectivity index (χ4v) is 4.98. The second kappa shape index (κ2) is 7.88. The van der Waals surface area contributed by atoms with Crippen LogP contribution in [-0.2, 0) is 19.6 Å². The van der Waals surface area contributed by atoms with Crippen molar-refractivity contribution in [3.8, 4) is 0 Å². The molecule has 1 aliphatic rings. The van der Waals surface area contributed by atoms with Gasteiger partial charge in [0.25, 0.3) is 0 Å². The van der Waals surface area contributed by atoms with Crippen molar-refractivity contribution in [1.82, 2.24) is 9.62 Å². The van der Waals surface area contributed by atoms with E-state index in [9.17, 15) is 18.0 Å². The number of carboxylic acid groups (broad SMARTS) is 1. The summed E-state index contributed by atoms with van der Waals surface area (Å²) in [5, 5.41) is 11.5. The van der Waals surface area contributed by atoms with Gasteiger partial charge in [0.2, 0.25) is 15.9 Å². The third-order valence-corrected chi connectivity index (χ3v) is 6.12. The molecule has 1 aliphatic heterocycles. The summed E-state index contributed by atoms with van der Waals surface area (Å²) in [4.78, 5) is 23.2. The van der Waals surface area contributed by atoms with Crippen LogP contribution in [0.25, 0.3) is 0 Å². The van der Waals surface area contributed by atoms with E-state index in [2.05, 4.69) is 5.32 Å². The Kier molecular flexibility index (Phi) is 6.28. The van der Waals surface area contributed by atoms with Crippen molar-refractivity contribution in [3.05, 3.63) is 28.2 Å². The van der Waals surface area contributed by atoms with Crippen LogP contribution in [0.2, 0.25) is 10.0 Å². The summed E-state index contributed by atoms with van der Waals surface area (Å²) < 4.78 is 26.7. The van der Waals surface area contributed by atoms with Gasteiger partial charge in [0, 0.05) is 23.1 Å². The van der Waals surface area contributed by atoms with Gasteiger partial charge in [-0.2, -0.15) is 4.31 Å². The van der Waals surface area contributed by atoms with Gasteiger partial charge in [0.1, 0.15) is 12.1 Å². The average Bonchev–Trinajstić information content (AvgIpc) is 3.01. The molecule has 1 aromatic carbocycles. The topological polar surface area (TPSA) is 130 Å². The van der Waals surface area contributed by atoms with Crippen molar-refractivity contribution >= 4 is 45.1 Å². The number of halogens is 2. The molecule has 1 heterocycles. The number of hydrogen-bond acceptors (Lipinski definition) is 5. The second-order valence-electron chi connectivity index (χ2n) is 5.51. The third kappa shape index (κ3) is 4.42. The summed E-state index contributed by atoms with van der Waals surface area (Å²) in [6.07, 6.45) is 0.738. The summed E-state index contributed by atoms with van der Waals surface area (Å²) in [5.41, 5.74) is 5.31. The number of aliphatic carboxylic acids is 1. The molecule has 1 aromatic rings. The maximum Gasteiger partial charge on any atom is 0.327 e. The normalized spacial score (nSPS) is 19.6. The molecule has 2 atom stereocenters. The van der Waals surface area contributed by atoms with Gasteiger partial charge in [-0.1, -0.05) is 23.2 Å². The van der Waals surface area contributed by atoms with E-state index in [1.54, 1.807) is 0 Å². The van der Waals surface area contributed by atoms with Crippen LogP contribution in [0.15, 0.2) is 23.1 Å². The van der Waals surface area contributed by atoms with Crippen LogP contribution in [0.5, 0.6) is 0 Å². The molecule has 0 unspecified atom stereocenters. The van der Waals surface area contributed by atoms with Crippen molar-refractivity contribution in [2.75, 3.05) is 13.1 Å². The lowest BCUT2D eigenvalue weighted by atomic mass is 10.2. The zero-order valence-electron chi connectivity index (χ0n) is 13.0. The number of amides is 1. The molecule has 1 saturated heterocycles. The number of carbonyl (C=O) groups excluding carboxylic acids is 1. The van der Waals surface area contributed by atoms with Crippen LogP contribution in [0.3, 0.4) is 0 Å². The first-order valence-electron chi connectivity index (χ1n) is 7.38. The number of sulfonamides is 1. The average molecular weight is 410 g/mol. The van der Waals surface area contributed by atoms with E-state index in [1.165, 1.54) is 18.2 Å². The number of nitrogens with two attached hydrogens (primary N) is 1. The van der Waals surface area contributed by atoms with Gasteiger partial charge in [0.05, 0.1) is 4.90 Å². The molecule has 8 nitrogen and oxygen atoms in total. The van der Waals surface area contributed by atoms with Gasteiger partial charge in [-0.3, -0.25) is 4.79 Å². The monoisotopic (exact) mass is 409 g/mol. The first-order chi connectivity index (χ1) is 11.7. The van der Waals surface area contributed by atoms with Crippen molar-refractivity contribution in [2.45, 2.75) is 29.8 Å². The fourth-order valence-electron chi connectivity index (χ4n) is 2.59. The van der Waals surface area contributed by atoms with Gasteiger partial charge in [-0.05, 0) is 31.0 Å². The Balaban J connectivity index is 2.28. The number of carboxylic acids is 1. The van der Waals surface area contributed by atoms with E-state index in [0.29, 0.717) is 6.42 Å². The first-order valence-corrected chi connectivity index (χ1v) is 9.57. The number of nitrogens with zero attached hydrogens (tertiary/aromatic N) is 1. The Morgan fingerprint density at radius 3 is 2.44 bits per heavy atom. The van der Waals surface area contributed by atoms with Gasteiger partial charge in [0.15, 0.2) is 0 Å². The Morgan fingerprint density at radius 1 is 1.32 bits per heavy atom. The molecule has 0 bridgehead atoms. The summed E-state index contributed by atoms with van der Waals surface area (Å²) >= 11 is 11.7. The SMILES string of the molecule is NC[C@H](NC(=O)[C@H]1CCCN1S(=O)(=O)c1cc(Cl)cc(Cl)c1)C(=O)O. The highest BCUT2D eigenvalue weighted by molar-refractivity contribution is 7.89. The molecular weight excluding hydrogens is 393 g/mol. The number of hydrogen-bond donors (Lipinski definition) is 3. The molecule has 4 N–H and O–H groups in total. The predicted molar refractivity (Wildman–Crippen MR) is 92.0 cm³/mol. The zero-order chi connectivity index (χ0) is 18.8. The van der Waals surface area contributed by atoms with Crippen LogP contribution >= 0.6 is 23.2 Å². The largest absolute Gasteiger partial charge is 0.480 e. The number of rotatable bonds is 6. The third-order valence-electron chi connectivity index (χ3n) is 3.80. The Hall–Kier alpha value is -1.39. The maximum absolute atomic E-state index is 12.8. The molecule has 138 valence electrons. The molecule has 25 heavy (non-hydrogen) atoms. The van der Waals surface area contributed by atoms with Crippen LogP contribution in [0.4, 0.5) is 0 Å². The minimum Gasteiger partial charge on any atom is -0.480 e. The smallest absolute Gasteiger partial charge is 0.327 e. The molecule has 0 aliphatic carbocycles. The van der Waals surface area contributed by atoms with E-state index in [-0.39, 0.29) is 34.5 Å². The van der Waals surface area contributed by atoms with Gasteiger partial charge >= 0.3 is 5.97 Å². The van der Waals surface area contributed by atoms with Crippen molar-refractivity contribution in [2.24, 2.45) is 5.73 Å². The fraction of sp³-hybridized carbons (Fsp3) is 0.429. The summed E-state index contributed by atoms with van der Waals surface area (Å²) in [7, 11) is -4.02. The van der Waals surface area contributed by atoms with Crippen molar-refractivity contribution < 1.29 is 23.1 Å². The quantitative estimate of drug-likeness (QED) is 0.632. The molecule has 11 heteroatoms. The highest BCUT2D eigenvalue weighted by atomic mass is 35.5. The molecule has 0 spiro atoms. The van der Waals surface area contributed by atoms with Gasteiger partial charge in [-0.25, -0.2) is 13.2 Å².